The average Bonchev–Trinajstić information content (AvgIpc) is 2.44. The molecule has 0 amide bonds. The van der Waals surface area contributed by atoms with Gasteiger partial charge in [0.05, 0.1) is 13.2 Å². The van der Waals surface area contributed by atoms with Crippen molar-refractivity contribution < 1.29 is 17.5 Å². The van der Waals surface area contributed by atoms with Gasteiger partial charge in [-0.3, -0.25) is 4.90 Å². The zero-order valence-corrected chi connectivity index (χ0v) is 13.9. The van der Waals surface area contributed by atoms with Gasteiger partial charge in [0.2, 0.25) is 10.0 Å². The first-order valence-corrected chi connectivity index (χ1v) is 9.01. The third-order valence-corrected chi connectivity index (χ3v) is 5.22. The average molecular weight is 381 g/mol. The number of rotatable bonds is 6. The van der Waals surface area contributed by atoms with E-state index in [-0.39, 0.29) is 11.4 Å². The van der Waals surface area contributed by atoms with Crippen molar-refractivity contribution >= 4 is 26.0 Å². The van der Waals surface area contributed by atoms with Gasteiger partial charge >= 0.3 is 0 Å². The predicted molar refractivity (Wildman–Crippen MR) is 81.2 cm³/mol. The van der Waals surface area contributed by atoms with Crippen LogP contribution < -0.4 is 4.72 Å². The number of hydrogen-bond donors (Lipinski definition) is 1. The van der Waals surface area contributed by atoms with Crippen molar-refractivity contribution in [2.75, 3.05) is 39.4 Å². The van der Waals surface area contributed by atoms with Crippen LogP contribution in [0, 0.1) is 5.82 Å². The summed E-state index contributed by atoms with van der Waals surface area (Å²) in [7, 11) is -3.80. The smallest absolute Gasteiger partial charge is 0.243 e. The number of sulfonamides is 1. The van der Waals surface area contributed by atoms with Crippen LogP contribution in [-0.2, 0) is 14.8 Å². The number of nitrogens with one attached hydrogen (secondary N) is 1. The zero-order valence-electron chi connectivity index (χ0n) is 11.5. The summed E-state index contributed by atoms with van der Waals surface area (Å²) in [6.07, 6.45) is 0.678. The molecule has 2 rings (SSSR count). The fourth-order valence-corrected chi connectivity index (χ4v) is 3.57. The number of halogens is 2. The highest BCUT2D eigenvalue weighted by molar-refractivity contribution is 9.10. The van der Waals surface area contributed by atoms with E-state index in [2.05, 4.69) is 25.6 Å². The minimum Gasteiger partial charge on any atom is -0.379 e. The van der Waals surface area contributed by atoms with Gasteiger partial charge in [0.1, 0.15) is 10.7 Å². The van der Waals surface area contributed by atoms with Crippen LogP contribution in [0.15, 0.2) is 27.6 Å². The molecule has 0 aromatic heterocycles. The van der Waals surface area contributed by atoms with Gasteiger partial charge in [-0.25, -0.2) is 17.5 Å². The Morgan fingerprint density at radius 3 is 2.71 bits per heavy atom. The van der Waals surface area contributed by atoms with Crippen molar-refractivity contribution in [3.8, 4) is 0 Å². The van der Waals surface area contributed by atoms with Crippen molar-refractivity contribution in [2.24, 2.45) is 0 Å². The molecule has 1 aliphatic rings. The first-order valence-electron chi connectivity index (χ1n) is 6.74. The van der Waals surface area contributed by atoms with Crippen LogP contribution in [0.3, 0.4) is 0 Å². The Hall–Kier alpha value is -0.540. The van der Waals surface area contributed by atoms with E-state index < -0.39 is 15.8 Å². The van der Waals surface area contributed by atoms with Crippen LogP contribution in [0.1, 0.15) is 6.42 Å². The van der Waals surface area contributed by atoms with Gasteiger partial charge < -0.3 is 4.74 Å². The van der Waals surface area contributed by atoms with Gasteiger partial charge in [-0.1, -0.05) is 15.9 Å². The maximum atomic E-state index is 13.7. The lowest BCUT2D eigenvalue weighted by atomic mass is 10.3. The molecular formula is C13H18BrFN2O3S. The quantitative estimate of drug-likeness (QED) is 0.761. The Morgan fingerprint density at radius 2 is 2.05 bits per heavy atom. The number of benzene rings is 1. The molecule has 5 nitrogen and oxygen atoms in total. The predicted octanol–water partition coefficient (Wildman–Crippen LogP) is 1.59. The molecule has 1 aromatic rings. The van der Waals surface area contributed by atoms with E-state index >= 15 is 0 Å². The van der Waals surface area contributed by atoms with Gasteiger partial charge in [-0.05, 0) is 31.2 Å². The highest BCUT2D eigenvalue weighted by atomic mass is 79.9. The van der Waals surface area contributed by atoms with E-state index in [1.165, 1.54) is 12.1 Å². The number of hydrogen-bond acceptors (Lipinski definition) is 4. The molecule has 1 aromatic carbocycles. The van der Waals surface area contributed by atoms with Crippen LogP contribution in [-0.4, -0.2) is 52.7 Å². The second-order valence-electron chi connectivity index (χ2n) is 4.78. The lowest BCUT2D eigenvalue weighted by Crippen LogP contribution is -2.38. The Bertz CT molecular complexity index is 577. The number of ether oxygens (including phenoxy) is 1. The second kappa shape index (κ2) is 7.64. The second-order valence-corrected chi connectivity index (χ2v) is 7.43. The van der Waals surface area contributed by atoms with Gasteiger partial charge in [-0.2, -0.15) is 0 Å². The van der Waals surface area contributed by atoms with Crippen LogP contribution in [0.4, 0.5) is 4.39 Å². The summed E-state index contributed by atoms with van der Waals surface area (Å²) < 4.78 is 45.9. The number of nitrogens with zero attached hydrogens (tertiary/aromatic N) is 1. The first-order chi connectivity index (χ1) is 9.99. The van der Waals surface area contributed by atoms with Crippen LogP contribution in [0.2, 0.25) is 0 Å². The van der Waals surface area contributed by atoms with Crippen molar-refractivity contribution in [3.05, 3.63) is 28.5 Å². The van der Waals surface area contributed by atoms with E-state index in [0.717, 1.165) is 38.9 Å². The lowest BCUT2D eigenvalue weighted by molar-refractivity contribution is 0.0376. The molecule has 0 radical (unpaired) electrons. The molecule has 0 aliphatic carbocycles. The molecule has 1 aliphatic heterocycles. The van der Waals surface area contributed by atoms with Crippen molar-refractivity contribution in [3.63, 3.8) is 0 Å². The number of morpholine rings is 1. The standard InChI is InChI=1S/C13H18BrFN2O3S/c14-11-2-3-13(12(15)10-11)21(18,19)16-4-1-5-17-6-8-20-9-7-17/h2-3,10,16H,1,4-9H2. The van der Waals surface area contributed by atoms with E-state index in [0.29, 0.717) is 10.9 Å². The summed E-state index contributed by atoms with van der Waals surface area (Å²) in [5.74, 6) is -0.759. The fraction of sp³-hybridized carbons (Fsp3) is 0.538. The molecule has 0 unspecified atom stereocenters. The van der Waals surface area contributed by atoms with Gasteiger partial charge in [0.15, 0.2) is 0 Å². The molecule has 21 heavy (non-hydrogen) atoms. The van der Waals surface area contributed by atoms with E-state index in [9.17, 15) is 12.8 Å². The van der Waals surface area contributed by atoms with Crippen LogP contribution >= 0.6 is 15.9 Å². The Labute approximate surface area is 132 Å². The summed E-state index contributed by atoms with van der Waals surface area (Å²) in [4.78, 5) is 1.90. The summed E-state index contributed by atoms with van der Waals surface area (Å²) in [5, 5.41) is 0. The Kier molecular flexibility index (Phi) is 6.12. The molecule has 0 spiro atoms. The van der Waals surface area contributed by atoms with Gasteiger partial charge in [0, 0.05) is 24.1 Å². The van der Waals surface area contributed by atoms with Crippen LogP contribution in [0.25, 0.3) is 0 Å². The highest BCUT2D eigenvalue weighted by Gasteiger charge is 2.18. The third kappa shape index (κ3) is 5.00. The van der Waals surface area contributed by atoms with Gasteiger partial charge in [-0.15, -0.1) is 0 Å². The molecule has 1 heterocycles. The summed E-state index contributed by atoms with van der Waals surface area (Å²) in [6, 6.07) is 3.90. The van der Waals surface area contributed by atoms with E-state index in [4.69, 9.17) is 4.74 Å². The van der Waals surface area contributed by atoms with E-state index in [1.54, 1.807) is 0 Å². The maximum absolute atomic E-state index is 13.7. The molecule has 1 N–H and O–H groups in total. The monoisotopic (exact) mass is 380 g/mol. The van der Waals surface area contributed by atoms with E-state index in [1.807, 2.05) is 0 Å². The van der Waals surface area contributed by atoms with Gasteiger partial charge in [0.25, 0.3) is 0 Å². The molecule has 0 saturated carbocycles. The lowest BCUT2D eigenvalue weighted by Gasteiger charge is -2.26. The molecule has 1 saturated heterocycles. The maximum Gasteiger partial charge on any atom is 0.243 e. The minimum absolute atomic E-state index is 0.287. The third-order valence-electron chi connectivity index (χ3n) is 3.23. The van der Waals surface area contributed by atoms with Crippen molar-refractivity contribution in [2.45, 2.75) is 11.3 Å². The molecular weight excluding hydrogens is 363 g/mol. The highest BCUT2D eigenvalue weighted by Crippen LogP contribution is 2.19. The molecule has 0 bridgehead atoms. The SMILES string of the molecule is O=S(=O)(NCCCN1CCOCC1)c1ccc(Br)cc1F. The summed E-state index contributed by atoms with van der Waals surface area (Å²) in [6.45, 7) is 4.26. The fourth-order valence-electron chi connectivity index (χ4n) is 2.10. The van der Waals surface area contributed by atoms with Crippen LogP contribution in [0.5, 0.6) is 0 Å². The molecule has 118 valence electrons. The topological polar surface area (TPSA) is 58.6 Å². The molecule has 0 atom stereocenters. The Morgan fingerprint density at radius 1 is 1.33 bits per heavy atom. The first kappa shape index (κ1) is 16.8. The van der Waals surface area contributed by atoms with Crippen molar-refractivity contribution in [1.29, 1.82) is 0 Å². The molecule has 1 fully saturated rings. The largest absolute Gasteiger partial charge is 0.379 e. The Balaban J connectivity index is 1.83. The molecule has 8 heteroatoms. The minimum atomic E-state index is -3.80. The zero-order chi connectivity index (χ0) is 15.3. The summed E-state index contributed by atoms with van der Waals surface area (Å²) >= 11 is 3.10. The summed E-state index contributed by atoms with van der Waals surface area (Å²) in [5.41, 5.74) is 0. The normalized spacial score (nSPS) is 17.0. The van der Waals surface area contributed by atoms with Crippen molar-refractivity contribution in [1.82, 2.24) is 9.62 Å².